The quantitative estimate of drug-likeness (QED) is 0.842. The highest BCUT2D eigenvalue weighted by atomic mass is 35.5. The Morgan fingerprint density at radius 2 is 1.95 bits per heavy atom. The van der Waals surface area contributed by atoms with Crippen LogP contribution in [0.25, 0.3) is 0 Å². The summed E-state index contributed by atoms with van der Waals surface area (Å²) < 4.78 is 19.1. The summed E-state index contributed by atoms with van der Waals surface area (Å²) in [6.45, 7) is 6.21. The van der Waals surface area contributed by atoms with Gasteiger partial charge in [0.05, 0.1) is 7.11 Å². The Morgan fingerprint density at radius 3 is 2.55 bits per heavy atom. The van der Waals surface area contributed by atoms with E-state index >= 15 is 0 Å². The molecule has 1 aliphatic rings. The average Bonchev–Trinajstić information content (AvgIpc) is 2.49. The number of unbranched alkanes of at least 4 members (excludes halogenated alkanes) is 1. The molecule has 1 aliphatic heterocycles. The maximum Gasteiger partial charge on any atom is 0.123 e. The van der Waals surface area contributed by atoms with Crippen LogP contribution in [0.3, 0.4) is 0 Å². The fourth-order valence-electron chi connectivity index (χ4n) is 2.89. The Labute approximate surface area is 145 Å². The Kier molecular flexibility index (Phi) is 10.8. The van der Waals surface area contributed by atoms with Crippen molar-refractivity contribution in [3.05, 3.63) is 29.6 Å². The smallest absolute Gasteiger partial charge is 0.123 e. The second-order valence-corrected chi connectivity index (χ2v) is 5.33. The molecular formula is C16H27Cl2FN2O. The zero-order valence-corrected chi connectivity index (χ0v) is 14.9. The summed E-state index contributed by atoms with van der Waals surface area (Å²) in [5, 5.41) is 3.37. The van der Waals surface area contributed by atoms with Gasteiger partial charge in [-0.15, -0.1) is 24.8 Å². The summed E-state index contributed by atoms with van der Waals surface area (Å²) >= 11 is 0. The topological polar surface area (TPSA) is 24.5 Å². The maximum absolute atomic E-state index is 13.6. The first-order valence-corrected chi connectivity index (χ1v) is 7.54. The van der Waals surface area contributed by atoms with E-state index in [2.05, 4.69) is 17.1 Å². The summed E-state index contributed by atoms with van der Waals surface area (Å²) in [6.07, 6.45) is 3.35. The highest BCUT2D eigenvalue weighted by molar-refractivity contribution is 5.85. The van der Waals surface area contributed by atoms with Crippen molar-refractivity contribution in [1.82, 2.24) is 10.2 Å². The van der Waals surface area contributed by atoms with Crippen LogP contribution in [0, 0.1) is 5.82 Å². The summed E-state index contributed by atoms with van der Waals surface area (Å²) in [5.41, 5.74) is 0.989. The number of hydrogen-bond donors (Lipinski definition) is 1. The van der Waals surface area contributed by atoms with Crippen molar-refractivity contribution in [2.75, 3.05) is 33.3 Å². The summed E-state index contributed by atoms with van der Waals surface area (Å²) in [5.74, 6) is 0.614. The third-order valence-electron chi connectivity index (χ3n) is 3.97. The number of rotatable bonds is 6. The lowest BCUT2D eigenvalue weighted by Crippen LogP contribution is -2.45. The van der Waals surface area contributed by atoms with Crippen molar-refractivity contribution in [2.45, 2.75) is 32.2 Å². The van der Waals surface area contributed by atoms with Gasteiger partial charge in [0, 0.05) is 37.8 Å². The second-order valence-electron chi connectivity index (χ2n) is 5.33. The van der Waals surface area contributed by atoms with Crippen molar-refractivity contribution in [1.29, 1.82) is 0 Å². The van der Waals surface area contributed by atoms with Crippen LogP contribution in [-0.2, 0) is 0 Å². The number of nitrogens with one attached hydrogen (secondary N) is 1. The minimum atomic E-state index is -0.183. The standard InChI is InChI=1S/C16H25FN2O.2ClH/c1-3-4-5-15(19-10-8-18-9-11-19)14-12-13(17)6-7-16(14)20-2;;/h6-7,12,15,18H,3-5,8-11H2,1-2H3;2*1H/t15-;;/m0../s1. The van der Waals surface area contributed by atoms with Gasteiger partial charge in [-0.25, -0.2) is 4.39 Å². The Hall–Kier alpha value is -0.550. The number of benzene rings is 1. The van der Waals surface area contributed by atoms with Gasteiger partial charge in [0.15, 0.2) is 0 Å². The molecule has 0 aliphatic carbocycles. The van der Waals surface area contributed by atoms with E-state index in [1.807, 2.05) is 0 Å². The third-order valence-corrected chi connectivity index (χ3v) is 3.97. The first-order chi connectivity index (χ1) is 9.76. The second kappa shape index (κ2) is 11.1. The van der Waals surface area contributed by atoms with Crippen LogP contribution in [0.1, 0.15) is 37.8 Å². The number of ether oxygens (including phenoxy) is 1. The zero-order valence-electron chi connectivity index (χ0n) is 13.3. The molecule has 1 fully saturated rings. The highest BCUT2D eigenvalue weighted by Crippen LogP contribution is 2.33. The lowest BCUT2D eigenvalue weighted by molar-refractivity contribution is 0.160. The molecule has 0 saturated carbocycles. The minimum absolute atomic E-state index is 0. The Bertz CT molecular complexity index is 429. The van der Waals surface area contributed by atoms with E-state index < -0.39 is 0 Å². The first kappa shape index (κ1) is 21.4. The van der Waals surface area contributed by atoms with Crippen LogP contribution in [0.4, 0.5) is 4.39 Å². The van der Waals surface area contributed by atoms with Crippen molar-refractivity contribution >= 4 is 24.8 Å². The van der Waals surface area contributed by atoms with Gasteiger partial charge in [0.1, 0.15) is 11.6 Å². The lowest BCUT2D eigenvalue weighted by atomic mass is 9.97. The molecule has 0 radical (unpaired) electrons. The van der Waals surface area contributed by atoms with Crippen LogP contribution in [0.5, 0.6) is 5.75 Å². The van der Waals surface area contributed by atoms with Gasteiger partial charge in [-0.1, -0.05) is 19.8 Å². The Balaban J connectivity index is 0.00000220. The van der Waals surface area contributed by atoms with Crippen LogP contribution in [0.2, 0.25) is 0 Å². The van der Waals surface area contributed by atoms with Crippen LogP contribution >= 0.6 is 24.8 Å². The van der Waals surface area contributed by atoms with Crippen LogP contribution < -0.4 is 10.1 Å². The molecule has 6 heteroatoms. The van der Waals surface area contributed by atoms with Crippen molar-refractivity contribution in [2.24, 2.45) is 0 Å². The van der Waals surface area contributed by atoms with E-state index in [1.165, 1.54) is 6.07 Å². The SMILES string of the molecule is CCCC[C@@H](c1cc(F)ccc1OC)N1CCNCC1.Cl.Cl. The molecular weight excluding hydrogens is 326 g/mol. The minimum Gasteiger partial charge on any atom is -0.496 e. The number of piperazine rings is 1. The number of halogens is 3. The molecule has 0 amide bonds. The molecule has 2 rings (SSSR count). The molecule has 0 aromatic heterocycles. The van der Waals surface area contributed by atoms with Gasteiger partial charge < -0.3 is 10.1 Å². The molecule has 1 N–H and O–H groups in total. The molecule has 1 heterocycles. The fraction of sp³-hybridized carbons (Fsp3) is 0.625. The van der Waals surface area contributed by atoms with Gasteiger partial charge in [-0.2, -0.15) is 0 Å². The largest absolute Gasteiger partial charge is 0.496 e. The van der Waals surface area contributed by atoms with Gasteiger partial charge in [0.2, 0.25) is 0 Å². The van der Waals surface area contributed by atoms with Gasteiger partial charge in [-0.05, 0) is 24.6 Å². The molecule has 1 aromatic rings. The molecule has 128 valence electrons. The average molecular weight is 353 g/mol. The van der Waals surface area contributed by atoms with Crippen molar-refractivity contribution < 1.29 is 9.13 Å². The highest BCUT2D eigenvalue weighted by Gasteiger charge is 2.24. The zero-order chi connectivity index (χ0) is 14.4. The third kappa shape index (κ3) is 5.58. The first-order valence-electron chi connectivity index (χ1n) is 7.54. The van der Waals surface area contributed by atoms with E-state index in [-0.39, 0.29) is 36.7 Å². The van der Waals surface area contributed by atoms with Gasteiger partial charge in [0.25, 0.3) is 0 Å². The van der Waals surface area contributed by atoms with E-state index in [4.69, 9.17) is 4.74 Å². The molecule has 0 unspecified atom stereocenters. The molecule has 0 spiro atoms. The summed E-state index contributed by atoms with van der Waals surface area (Å²) in [6, 6.07) is 5.10. The maximum atomic E-state index is 13.6. The van der Waals surface area contributed by atoms with Crippen LogP contribution in [-0.4, -0.2) is 38.2 Å². The monoisotopic (exact) mass is 352 g/mol. The predicted molar refractivity (Wildman–Crippen MR) is 94.2 cm³/mol. The number of hydrogen-bond acceptors (Lipinski definition) is 3. The predicted octanol–water partition coefficient (Wildman–Crippen LogP) is 3.81. The van der Waals surface area contributed by atoms with E-state index in [0.29, 0.717) is 0 Å². The fourth-order valence-corrected chi connectivity index (χ4v) is 2.89. The molecule has 1 aromatic carbocycles. The Morgan fingerprint density at radius 1 is 1.27 bits per heavy atom. The molecule has 1 saturated heterocycles. The van der Waals surface area contributed by atoms with Crippen molar-refractivity contribution in [3.8, 4) is 5.75 Å². The van der Waals surface area contributed by atoms with E-state index in [0.717, 1.165) is 56.8 Å². The van der Waals surface area contributed by atoms with Crippen molar-refractivity contribution in [3.63, 3.8) is 0 Å². The number of nitrogens with zero attached hydrogens (tertiary/aromatic N) is 1. The molecule has 0 bridgehead atoms. The molecule has 22 heavy (non-hydrogen) atoms. The van der Waals surface area contributed by atoms with E-state index in [9.17, 15) is 4.39 Å². The number of methoxy groups -OCH3 is 1. The summed E-state index contributed by atoms with van der Waals surface area (Å²) in [7, 11) is 1.66. The van der Waals surface area contributed by atoms with Gasteiger partial charge >= 0.3 is 0 Å². The van der Waals surface area contributed by atoms with Gasteiger partial charge in [-0.3, -0.25) is 4.90 Å². The normalized spacial score (nSPS) is 16.3. The van der Waals surface area contributed by atoms with Crippen LogP contribution in [0.15, 0.2) is 18.2 Å². The molecule has 3 nitrogen and oxygen atoms in total. The summed E-state index contributed by atoms with van der Waals surface area (Å²) in [4.78, 5) is 2.45. The lowest BCUT2D eigenvalue weighted by Gasteiger charge is -2.36. The van der Waals surface area contributed by atoms with E-state index in [1.54, 1.807) is 19.2 Å². The molecule has 1 atom stereocenters.